The minimum atomic E-state index is -1.80. The summed E-state index contributed by atoms with van der Waals surface area (Å²) >= 11 is 0. The third kappa shape index (κ3) is 7.72. The normalized spacial score (nSPS) is 31.7. The van der Waals surface area contributed by atoms with Crippen LogP contribution < -0.4 is 16.8 Å². The van der Waals surface area contributed by atoms with E-state index < -0.39 is 98.7 Å². The number of rotatable bonds is 10. The number of phenols is 2. The molecule has 4 rings (SSSR count). The highest BCUT2D eigenvalue weighted by Crippen LogP contribution is 2.30. The van der Waals surface area contributed by atoms with Crippen molar-refractivity contribution in [1.82, 2.24) is 5.32 Å². The van der Waals surface area contributed by atoms with Gasteiger partial charge in [0.2, 0.25) is 0 Å². The summed E-state index contributed by atoms with van der Waals surface area (Å²) < 4.78 is 27.0. The number of aliphatic hydroxyl groups excluding tert-OH is 5. The Balaban J connectivity index is 1.39. The second kappa shape index (κ2) is 14.5. The van der Waals surface area contributed by atoms with Crippen LogP contribution in [0.5, 0.6) is 11.5 Å². The summed E-state index contributed by atoms with van der Waals surface area (Å²) in [5, 5.41) is 75.6. The number of nitrogens with one attached hydrogen (secondary N) is 1. The van der Waals surface area contributed by atoms with Gasteiger partial charge in [-0.15, -0.1) is 0 Å². The first-order chi connectivity index (χ1) is 21.3. The Kier molecular flexibility index (Phi) is 11.0. The zero-order valence-electron chi connectivity index (χ0n) is 24.0. The van der Waals surface area contributed by atoms with E-state index in [9.17, 15) is 45.3 Å². The number of aromatic hydroxyl groups is 2. The number of esters is 2. The molecule has 12 N–H and O–H groups in total. The molecular formula is C28H37N3O14. The van der Waals surface area contributed by atoms with Crippen molar-refractivity contribution < 1.29 is 69.0 Å². The lowest BCUT2D eigenvalue weighted by Crippen LogP contribution is -2.62. The number of phenolic OH excluding ortho intramolecular Hbond substituents is 2. The van der Waals surface area contributed by atoms with E-state index in [1.165, 1.54) is 43.4 Å². The molecule has 0 aliphatic carbocycles. The second-order valence-electron chi connectivity index (χ2n) is 10.6. The maximum atomic E-state index is 12.5. The van der Waals surface area contributed by atoms with E-state index >= 15 is 0 Å². The number of anilines is 2. The average molecular weight is 640 g/mol. The Morgan fingerprint density at radius 2 is 1.27 bits per heavy atom. The van der Waals surface area contributed by atoms with Crippen LogP contribution >= 0.6 is 0 Å². The molecule has 45 heavy (non-hydrogen) atoms. The van der Waals surface area contributed by atoms with Crippen LogP contribution in [-0.4, -0.2) is 130 Å². The predicted octanol–water partition coefficient (Wildman–Crippen LogP) is -2.62. The highest BCUT2D eigenvalue weighted by Gasteiger charge is 2.48. The van der Waals surface area contributed by atoms with Crippen LogP contribution in [0.2, 0.25) is 0 Å². The molecule has 4 unspecified atom stereocenters. The fraction of sp³-hybridized carbons (Fsp3) is 0.500. The molecule has 0 radical (unpaired) electrons. The number of carbonyl (C=O) groups is 2. The van der Waals surface area contributed by atoms with E-state index in [1.807, 2.05) is 0 Å². The van der Waals surface area contributed by atoms with Gasteiger partial charge in [-0.1, -0.05) is 0 Å². The van der Waals surface area contributed by atoms with E-state index in [1.54, 1.807) is 0 Å². The summed E-state index contributed by atoms with van der Waals surface area (Å²) in [6.45, 7) is -1.57. The van der Waals surface area contributed by atoms with Crippen LogP contribution in [0.3, 0.4) is 0 Å². The summed E-state index contributed by atoms with van der Waals surface area (Å²) in [4.78, 5) is 25.0. The average Bonchev–Trinajstić information content (AvgIpc) is 3.01. The molecule has 0 saturated carbocycles. The Hall–Kier alpha value is -3.78. The van der Waals surface area contributed by atoms with Crippen molar-refractivity contribution >= 4 is 23.3 Å². The zero-order chi connectivity index (χ0) is 33.0. The fourth-order valence-electron chi connectivity index (χ4n) is 5.04. The van der Waals surface area contributed by atoms with Gasteiger partial charge in [0.15, 0.2) is 12.6 Å². The number of hydrogen-bond donors (Lipinski definition) is 10. The molecule has 0 amide bonds. The quantitative estimate of drug-likeness (QED) is 0.0723. The van der Waals surface area contributed by atoms with Crippen molar-refractivity contribution in [3.05, 3.63) is 47.5 Å². The molecule has 2 aromatic carbocycles. The van der Waals surface area contributed by atoms with Gasteiger partial charge in [0.25, 0.3) is 0 Å². The van der Waals surface area contributed by atoms with Crippen molar-refractivity contribution in [2.45, 2.75) is 55.2 Å². The van der Waals surface area contributed by atoms with Gasteiger partial charge in [-0.25, -0.2) is 9.59 Å². The Morgan fingerprint density at radius 3 is 1.78 bits per heavy atom. The van der Waals surface area contributed by atoms with Crippen molar-refractivity contribution in [2.75, 3.05) is 38.3 Å². The van der Waals surface area contributed by atoms with E-state index in [-0.39, 0.29) is 28.3 Å². The number of ether oxygens (including phenoxy) is 5. The molecule has 0 aromatic heterocycles. The third-order valence-electron chi connectivity index (χ3n) is 7.60. The highest BCUT2D eigenvalue weighted by molar-refractivity contribution is 5.94. The smallest absolute Gasteiger partial charge is 0.342 e. The van der Waals surface area contributed by atoms with Crippen molar-refractivity contribution in [3.63, 3.8) is 0 Å². The van der Waals surface area contributed by atoms with Gasteiger partial charge in [-0.05, 0) is 43.4 Å². The number of hydrogen-bond acceptors (Lipinski definition) is 17. The Morgan fingerprint density at radius 1 is 0.756 bits per heavy atom. The first-order valence-corrected chi connectivity index (χ1v) is 13.8. The standard InChI is InChI=1S/C28H37N3O14/c1-31-20-15(21(34)18(44-27(20)40)9-41-25(38)13-6-11(29)2-4-16(13)32)8-43-28-24(37)23(36)22(35)19(45-28)10-42-26(39)14-7-12(30)3-5-17(14)33/h2-7,15,18-24,27-28,31-37,40H,8-10,29-30H2,1H3/t15-,18?,19?,20?,21-,22+,23+,24?,27-,28-/m1/s1. The number of likely N-dealkylation sites (N-methyl/N-ethyl adjacent to an activating group) is 1. The minimum absolute atomic E-state index is 0.182. The van der Waals surface area contributed by atoms with Crippen molar-refractivity contribution in [3.8, 4) is 11.5 Å². The number of benzene rings is 2. The van der Waals surface area contributed by atoms with Crippen molar-refractivity contribution in [2.24, 2.45) is 5.92 Å². The molecule has 17 nitrogen and oxygen atoms in total. The minimum Gasteiger partial charge on any atom is -0.507 e. The molecule has 10 atom stereocenters. The maximum absolute atomic E-state index is 12.5. The molecule has 2 aliphatic rings. The Bertz CT molecular complexity index is 1350. The number of nitrogen functional groups attached to an aromatic ring is 2. The summed E-state index contributed by atoms with van der Waals surface area (Å²) in [6.07, 6.45) is -12.5. The lowest BCUT2D eigenvalue weighted by molar-refractivity contribution is -0.311. The summed E-state index contributed by atoms with van der Waals surface area (Å²) in [6, 6.07) is 6.62. The molecule has 2 heterocycles. The van der Waals surface area contributed by atoms with Crippen LogP contribution in [0.1, 0.15) is 20.7 Å². The molecule has 0 bridgehead atoms. The van der Waals surface area contributed by atoms with Gasteiger partial charge in [-0.2, -0.15) is 0 Å². The molecule has 2 aromatic rings. The Labute approximate surface area is 256 Å². The zero-order valence-corrected chi connectivity index (χ0v) is 24.0. The number of carbonyl (C=O) groups excluding carboxylic acids is 2. The fourth-order valence-corrected chi connectivity index (χ4v) is 5.04. The van der Waals surface area contributed by atoms with E-state index in [2.05, 4.69) is 5.32 Å². The molecule has 0 spiro atoms. The topological polar surface area (TPSA) is 286 Å². The summed E-state index contributed by atoms with van der Waals surface area (Å²) in [5.41, 5.74) is 11.2. The SMILES string of the molecule is CNC1[C@H](O)OC(COC(=O)c2cc(N)ccc2O)[C@H](O)[C@@H]1CO[C@@H]1OC(COC(=O)c2cc(N)ccc2O)[C@H](O)[C@H](O)C1O. The second-order valence-corrected chi connectivity index (χ2v) is 10.6. The van der Waals surface area contributed by atoms with Gasteiger partial charge in [0.05, 0.1) is 18.8 Å². The largest absolute Gasteiger partial charge is 0.507 e. The molecule has 248 valence electrons. The summed E-state index contributed by atoms with van der Waals surface area (Å²) in [5.74, 6) is -3.70. The summed E-state index contributed by atoms with van der Waals surface area (Å²) in [7, 11) is 1.48. The maximum Gasteiger partial charge on any atom is 0.342 e. The van der Waals surface area contributed by atoms with Crippen molar-refractivity contribution in [1.29, 1.82) is 0 Å². The molecule has 2 aliphatic heterocycles. The molecule has 2 fully saturated rings. The van der Waals surface area contributed by atoms with Crippen LogP contribution in [-0.2, 0) is 23.7 Å². The van der Waals surface area contributed by atoms with E-state index in [0.717, 1.165) is 0 Å². The van der Waals surface area contributed by atoms with Gasteiger partial charge in [0, 0.05) is 17.3 Å². The van der Waals surface area contributed by atoms with E-state index in [0.29, 0.717) is 0 Å². The highest BCUT2D eigenvalue weighted by atomic mass is 16.7. The molecule has 2 saturated heterocycles. The van der Waals surface area contributed by atoms with Gasteiger partial charge in [0.1, 0.15) is 66.4 Å². The van der Waals surface area contributed by atoms with E-state index in [4.69, 9.17) is 35.2 Å². The first-order valence-electron chi connectivity index (χ1n) is 13.8. The predicted molar refractivity (Wildman–Crippen MR) is 151 cm³/mol. The number of aliphatic hydroxyl groups is 5. The first kappa shape index (κ1) is 34.1. The van der Waals surface area contributed by atoms with Gasteiger partial charge in [-0.3, -0.25) is 0 Å². The molecular weight excluding hydrogens is 602 g/mol. The lowest BCUT2D eigenvalue weighted by atomic mass is 9.87. The van der Waals surface area contributed by atoms with Crippen LogP contribution in [0.15, 0.2) is 36.4 Å². The van der Waals surface area contributed by atoms with Crippen LogP contribution in [0, 0.1) is 5.92 Å². The van der Waals surface area contributed by atoms with Crippen LogP contribution in [0.4, 0.5) is 11.4 Å². The number of nitrogens with two attached hydrogens (primary N) is 2. The van der Waals surface area contributed by atoms with Gasteiger partial charge >= 0.3 is 11.9 Å². The van der Waals surface area contributed by atoms with Gasteiger partial charge < -0.3 is 76.2 Å². The van der Waals surface area contributed by atoms with Crippen LogP contribution in [0.25, 0.3) is 0 Å². The monoisotopic (exact) mass is 639 g/mol. The lowest BCUT2D eigenvalue weighted by Gasteiger charge is -2.44. The third-order valence-corrected chi connectivity index (χ3v) is 7.60. The molecule has 17 heteroatoms.